The van der Waals surface area contributed by atoms with Crippen LogP contribution in [0.2, 0.25) is 0 Å². The Balaban J connectivity index is 1.17. The van der Waals surface area contributed by atoms with Crippen LogP contribution < -0.4 is 4.74 Å². The Labute approximate surface area is 251 Å². The maximum Gasteiger partial charge on any atom is 0.315 e. The Morgan fingerprint density at radius 1 is 0.953 bits per heavy atom. The first-order chi connectivity index (χ1) is 20.2. The van der Waals surface area contributed by atoms with Gasteiger partial charge >= 0.3 is 17.9 Å². The standard InChI is InChI=1S/C32H38O10S/c1-13(2)19-7-18(43(37,38)39)8-20(14(3)4)26(19)40-29(34)24-22-9-21-23(24)30(35)41-27(21)28(22)42-31(36)32-10-15-5-16(11-32)25(33)17(6-15)12-32/h7-8,13-17,21-24,27-28H,5-6,9-12H2,1-4H3,(H,37,38,39)/t15?,16-,17?,21?,22?,23?,24?,27?,28?,32?/m1/s1. The molecule has 11 heteroatoms. The van der Waals surface area contributed by atoms with Crippen LogP contribution in [0.1, 0.15) is 89.2 Å². The number of benzene rings is 1. The fourth-order valence-electron chi connectivity index (χ4n) is 9.65. The van der Waals surface area contributed by atoms with Crippen LogP contribution in [0.25, 0.3) is 0 Å². The number of ketones is 1. The Bertz CT molecular complexity index is 1500. The maximum absolute atomic E-state index is 14.0. The van der Waals surface area contributed by atoms with Crippen molar-refractivity contribution in [1.82, 2.24) is 0 Å². The van der Waals surface area contributed by atoms with E-state index in [4.69, 9.17) is 14.2 Å². The summed E-state index contributed by atoms with van der Waals surface area (Å²) in [6.07, 6.45) is 2.54. The molecule has 1 aromatic rings. The molecule has 0 radical (unpaired) electrons. The topological polar surface area (TPSA) is 150 Å². The smallest absolute Gasteiger partial charge is 0.315 e. The van der Waals surface area contributed by atoms with E-state index in [-0.39, 0.29) is 52.0 Å². The molecule has 1 heterocycles. The normalized spacial score (nSPS) is 38.7. The van der Waals surface area contributed by atoms with E-state index in [9.17, 15) is 32.1 Å². The molecule has 1 aliphatic heterocycles. The Morgan fingerprint density at radius 2 is 1.56 bits per heavy atom. The highest BCUT2D eigenvalue weighted by Crippen LogP contribution is 2.62. The first-order valence-electron chi connectivity index (χ1n) is 15.5. The van der Waals surface area contributed by atoms with Crippen molar-refractivity contribution < 1.29 is 46.4 Å². The van der Waals surface area contributed by atoms with Crippen molar-refractivity contribution in [2.24, 2.45) is 46.8 Å². The van der Waals surface area contributed by atoms with Gasteiger partial charge in [-0.25, -0.2) is 0 Å². The van der Waals surface area contributed by atoms with Gasteiger partial charge in [-0.2, -0.15) is 8.42 Å². The average Bonchev–Trinajstić information content (AvgIpc) is 3.54. The minimum absolute atomic E-state index is 0.0900. The quantitative estimate of drug-likeness (QED) is 0.269. The number of hydrogen-bond donors (Lipinski definition) is 1. The molecule has 9 unspecified atom stereocenters. The van der Waals surface area contributed by atoms with E-state index in [1.165, 1.54) is 12.1 Å². The minimum Gasteiger partial charge on any atom is -0.458 e. The monoisotopic (exact) mass is 614 g/mol. The van der Waals surface area contributed by atoms with Gasteiger partial charge in [0.2, 0.25) is 0 Å². The van der Waals surface area contributed by atoms with Crippen LogP contribution in [0.5, 0.6) is 5.75 Å². The maximum atomic E-state index is 14.0. The van der Waals surface area contributed by atoms with Crippen molar-refractivity contribution in [1.29, 1.82) is 0 Å². The van der Waals surface area contributed by atoms with Crippen molar-refractivity contribution in [3.8, 4) is 5.75 Å². The van der Waals surface area contributed by atoms with E-state index >= 15 is 0 Å². The van der Waals surface area contributed by atoms with Gasteiger partial charge in [-0.15, -0.1) is 0 Å². The summed E-state index contributed by atoms with van der Waals surface area (Å²) in [6.45, 7) is 7.31. The minimum atomic E-state index is -4.50. The predicted molar refractivity (Wildman–Crippen MR) is 149 cm³/mol. The van der Waals surface area contributed by atoms with Crippen molar-refractivity contribution in [3.05, 3.63) is 23.3 Å². The first-order valence-corrected chi connectivity index (χ1v) is 16.9. The number of ether oxygens (including phenoxy) is 3. The van der Waals surface area contributed by atoms with Gasteiger partial charge in [0.1, 0.15) is 23.7 Å². The Morgan fingerprint density at radius 3 is 2.12 bits per heavy atom. The van der Waals surface area contributed by atoms with Crippen molar-refractivity contribution in [2.45, 2.75) is 95.2 Å². The molecule has 0 spiro atoms. The first kappa shape index (κ1) is 29.0. The summed E-state index contributed by atoms with van der Waals surface area (Å²) in [5.74, 6) is -3.60. The van der Waals surface area contributed by atoms with Gasteiger partial charge in [0.25, 0.3) is 10.1 Å². The van der Waals surface area contributed by atoms with Gasteiger partial charge in [-0.05, 0) is 79.5 Å². The largest absolute Gasteiger partial charge is 0.458 e. The lowest BCUT2D eigenvalue weighted by molar-refractivity contribution is -0.188. The fraction of sp³-hybridized carbons (Fsp3) is 0.688. The molecular formula is C32H38O10S. The molecule has 10 nitrogen and oxygen atoms in total. The van der Waals surface area contributed by atoms with Gasteiger partial charge in [0.05, 0.1) is 22.1 Å². The van der Waals surface area contributed by atoms with Crippen LogP contribution in [0.15, 0.2) is 17.0 Å². The summed E-state index contributed by atoms with van der Waals surface area (Å²) in [5, 5.41) is 0. The summed E-state index contributed by atoms with van der Waals surface area (Å²) in [7, 11) is -4.50. The number of esters is 3. The third-order valence-electron chi connectivity index (χ3n) is 11.4. The lowest BCUT2D eigenvalue weighted by atomic mass is 9.49. The van der Waals surface area contributed by atoms with Crippen LogP contribution >= 0.6 is 0 Å². The summed E-state index contributed by atoms with van der Waals surface area (Å²) in [6, 6.07) is 2.63. The molecule has 0 aromatic heterocycles. The van der Waals surface area contributed by atoms with Gasteiger partial charge in [0.15, 0.2) is 0 Å². The molecule has 1 aromatic carbocycles. The van der Waals surface area contributed by atoms with E-state index in [0.717, 1.165) is 12.8 Å². The molecule has 7 fully saturated rings. The van der Waals surface area contributed by atoms with E-state index in [0.29, 0.717) is 42.7 Å². The second-order valence-corrected chi connectivity index (χ2v) is 16.0. The van der Waals surface area contributed by atoms with Crippen LogP contribution in [0.4, 0.5) is 0 Å². The fourth-order valence-corrected chi connectivity index (χ4v) is 10.2. The van der Waals surface area contributed by atoms with Crippen LogP contribution in [0.3, 0.4) is 0 Å². The molecule has 1 N–H and O–H groups in total. The molecule has 8 rings (SSSR count). The molecule has 0 amide bonds. The zero-order valence-corrected chi connectivity index (χ0v) is 25.6. The van der Waals surface area contributed by atoms with E-state index in [1.54, 1.807) is 0 Å². The highest BCUT2D eigenvalue weighted by Gasteiger charge is 2.71. The SMILES string of the molecule is CC(C)c1cc(S(=O)(=O)O)cc(C(C)C)c1OC(=O)C1C2CC3C(OC(=O)C31)C2OC(=O)C12CC3CC(C1)C(=O)[C@H](C3)C2. The van der Waals surface area contributed by atoms with E-state index in [2.05, 4.69) is 0 Å². The number of Topliss-reactive ketones (excluding diaryl/α,β-unsaturated/α-hetero) is 1. The van der Waals surface area contributed by atoms with Crippen LogP contribution in [0, 0.1) is 46.8 Å². The van der Waals surface area contributed by atoms with E-state index < -0.39 is 57.4 Å². The summed E-state index contributed by atoms with van der Waals surface area (Å²) in [5.41, 5.74) is 0.195. The van der Waals surface area contributed by atoms with Gasteiger partial charge in [-0.1, -0.05) is 27.7 Å². The van der Waals surface area contributed by atoms with Gasteiger partial charge in [-0.3, -0.25) is 23.7 Å². The number of carbonyl (C=O) groups excluding carboxylic acids is 4. The molecule has 6 saturated carbocycles. The van der Waals surface area contributed by atoms with Gasteiger partial charge < -0.3 is 14.2 Å². The number of hydrogen-bond acceptors (Lipinski definition) is 9. The van der Waals surface area contributed by atoms with Crippen molar-refractivity contribution in [2.75, 3.05) is 0 Å². The van der Waals surface area contributed by atoms with Crippen molar-refractivity contribution in [3.63, 3.8) is 0 Å². The lowest BCUT2D eigenvalue weighted by Gasteiger charge is -2.54. The molecule has 1 saturated heterocycles. The number of carbonyl (C=O) groups is 4. The van der Waals surface area contributed by atoms with Crippen LogP contribution in [-0.2, 0) is 38.8 Å². The molecule has 232 valence electrons. The molecule has 10 atom stereocenters. The zero-order valence-electron chi connectivity index (χ0n) is 24.8. The molecule has 7 aliphatic rings. The zero-order chi connectivity index (χ0) is 30.7. The predicted octanol–water partition coefficient (Wildman–Crippen LogP) is 4.20. The third-order valence-corrected chi connectivity index (χ3v) is 12.2. The second-order valence-electron chi connectivity index (χ2n) is 14.5. The Kier molecular flexibility index (Phi) is 6.47. The Hall–Kier alpha value is -2.79. The number of rotatable bonds is 7. The van der Waals surface area contributed by atoms with Crippen LogP contribution in [-0.4, -0.2) is 48.9 Å². The summed E-state index contributed by atoms with van der Waals surface area (Å²) < 4.78 is 51.8. The molecule has 6 aliphatic carbocycles. The third kappa shape index (κ3) is 4.31. The number of fused-ring (bicyclic) bond motifs is 1. The second kappa shape index (κ2) is 9.60. The van der Waals surface area contributed by atoms with E-state index in [1.807, 2.05) is 27.7 Å². The average molecular weight is 615 g/mol. The highest BCUT2D eigenvalue weighted by atomic mass is 32.2. The lowest BCUT2D eigenvalue weighted by Crippen LogP contribution is -2.56. The highest BCUT2D eigenvalue weighted by molar-refractivity contribution is 7.85. The summed E-state index contributed by atoms with van der Waals surface area (Å²) in [4.78, 5) is 53.3. The van der Waals surface area contributed by atoms with Crippen molar-refractivity contribution >= 4 is 33.8 Å². The molecular weight excluding hydrogens is 576 g/mol. The van der Waals surface area contributed by atoms with Gasteiger partial charge in [0, 0.05) is 23.7 Å². The molecule has 43 heavy (non-hydrogen) atoms. The summed E-state index contributed by atoms with van der Waals surface area (Å²) >= 11 is 0. The molecule has 6 bridgehead atoms.